The average Bonchev–Trinajstić information content (AvgIpc) is 2.77. The summed E-state index contributed by atoms with van der Waals surface area (Å²) in [6.07, 6.45) is 0. The van der Waals surface area contributed by atoms with Gasteiger partial charge in [-0.3, -0.25) is 9.59 Å². The number of ether oxygens (including phenoxy) is 1. The van der Waals surface area contributed by atoms with Gasteiger partial charge in [0.15, 0.2) is 0 Å². The molecule has 0 saturated heterocycles. The summed E-state index contributed by atoms with van der Waals surface area (Å²) in [5, 5.41) is 0. The number of imide groups is 1. The third-order valence-corrected chi connectivity index (χ3v) is 3.89. The summed E-state index contributed by atoms with van der Waals surface area (Å²) in [6.45, 7) is 0. The number of fused-ring (bicyclic) bond motifs is 1. The molecule has 0 atom stereocenters. The Morgan fingerprint density at radius 3 is 2.45 bits per heavy atom. The number of carbonyl (C=O) groups excluding carboxylic acids is 3. The van der Waals surface area contributed by atoms with Crippen molar-refractivity contribution in [2.45, 2.75) is 0 Å². The molecule has 22 heavy (non-hydrogen) atoms. The van der Waals surface area contributed by atoms with Gasteiger partial charge < -0.3 is 4.74 Å². The maximum absolute atomic E-state index is 12.6. The Labute approximate surface area is 134 Å². The fourth-order valence-corrected chi connectivity index (χ4v) is 2.74. The largest absolute Gasteiger partial charge is 0.465 e. The first-order valence-corrected chi connectivity index (χ1v) is 7.19. The number of anilines is 1. The van der Waals surface area contributed by atoms with Gasteiger partial charge >= 0.3 is 5.97 Å². The summed E-state index contributed by atoms with van der Waals surface area (Å²) in [6, 6.07) is 11.2. The van der Waals surface area contributed by atoms with E-state index in [1.165, 1.54) is 13.2 Å². The van der Waals surface area contributed by atoms with Gasteiger partial charge in [-0.15, -0.1) is 0 Å². The van der Waals surface area contributed by atoms with Crippen molar-refractivity contribution < 1.29 is 19.1 Å². The summed E-state index contributed by atoms with van der Waals surface area (Å²) < 4.78 is 5.41. The van der Waals surface area contributed by atoms with Gasteiger partial charge in [0.25, 0.3) is 11.8 Å². The Bertz CT molecular complexity index is 816. The number of halogens is 1. The first kappa shape index (κ1) is 14.5. The lowest BCUT2D eigenvalue weighted by molar-refractivity contribution is 0.0601. The zero-order chi connectivity index (χ0) is 15.9. The molecule has 1 aliphatic heterocycles. The lowest BCUT2D eigenvalue weighted by Crippen LogP contribution is -2.31. The SMILES string of the molecule is COC(=O)c1ccccc1N1C(=O)c2ccc(Br)cc2C1=O. The van der Waals surface area contributed by atoms with Gasteiger partial charge in [-0.1, -0.05) is 28.1 Å². The van der Waals surface area contributed by atoms with Crippen LogP contribution in [0.25, 0.3) is 0 Å². The Hall–Kier alpha value is -2.47. The van der Waals surface area contributed by atoms with Crippen LogP contribution in [0.4, 0.5) is 5.69 Å². The third-order valence-electron chi connectivity index (χ3n) is 3.40. The van der Waals surface area contributed by atoms with Gasteiger partial charge in [0.2, 0.25) is 0 Å². The molecule has 0 unspecified atom stereocenters. The number of para-hydroxylation sites is 1. The van der Waals surface area contributed by atoms with Crippen LogP contribution in [-0.4, -0.2) is 24.9 Å². The minimum atomic E-state index is -0.603. The van der Waals surface area contributed by atoms with E-state index in [1.54, 1.807) is 36.4 Å². The summed E-state index contributed by atoms with van der Waals surface area (Å²) in [7, 11) is 1.25. The van der Waals surface area contributed by atoms with Gasteiger partial charge in [-0.05, 0) is 30.3 Å². The molecular formula is C16H10BrNO4. The number of amides is 2. The predicted octanol–water partition coefficient (Wildman–Crippen LogP) is 3.04. The van der Waals surface area contributed by atoms with Crippen molar-refractivity contribution in [1.29, 1.82) is 0 Å². The van der Waals surface area contributed by atoms with Gasteiger partial charge in [0.05, 0.1) is 29.5 Å². The molecule has 2 aromatic carbocycles. The lowest BCUT2D eigenvalue weighted by Gasteiger charge is -2.16. The van der Waals surface area contributed by atoms with Gasteiger partial charge in [0, 0.05) is 4.47 Å². The van der Waals surface area contributed by atoms with E-state index >= 15 is 0 Å². The van der Waals surface area contributed by atoms with E-state index in [9.17, 15) is 14.4 Å². The molecule has 1 heterocycles. The van der Waals surface area contributed by atoms with Crippen LogP contribution in [-0.2, 0) is 4.74 Å². The highest BCUT2D eigenvalue weighted by atomic mass is 79.9. The van der Waals surface area contributed by atoms with Crippen LogP contribution in [0, 0.1) is 0 Å². The van der Waals surface area contributed by atoms with E-state index in [1.807, 2.05) is 0 Å². The number of hydrogen-bond donors (Lipinski definition) is 0. The number of esters is 1. The number of rotatable bonds is 2. The molecule has 0 bridgehead atoms. The Morgan fingerprint density at radius 2 is 1.73 bits per heavy atom. The number of hydrogen-bond acceptors (Lipinski definition) is 4. The highest BCUT2D eigenvalue weighted by Crippen LogP contribution is 2.32. The van der Waals surface area contributed by atoms with Crippen LogP contribution in [0.5, 0.6) is 0 Å². The zero-order valence-corrected chi connectivity index (χ0v) is 13.1. The summed E-state index contributed by atoms with van der Waals surface area (Å²) in [5.74, 6) is -1.52. The number of carbonyl (C=O) groups is 3. The Kier molecular flexibility index (Phi) is 3.54. The molecule has 0 aromatic heterocycles. The molecule has 0 saturated carbocycles. The standard InChI is InChI=1S/C16H10BrNO4/c1-22-16(21)11-4-2-3-5-13(11)18-14(19)10-7-6-9(17)8-12(10)15(18)20/h2-8H,1H3. The molecule has 0 aliphatic carbocycles. The average molecular weight is 360 g/mol. The van der Waals surface area contributed by atoms with Crippen molar-refractivity contribution in [3.63, 3.8) is 0 Å². The minimum absolute atomic E-state index is 0.165. The molecule has 0 fully saturated rings. The molecule has 110 valence electrons. The van der Waals surface area contributed by atoms with Crippen LogP contribution in [0.1, 0.15) is 31.1 Å². The molecule has 0 radical (unpaired) electrons. The minimum Gasteiger partial charge on any atom is -0.465 e. The van der Waals surface area contributed by atoms with Crippen molar-refractivity contribution in [1.82, 2.24) is 0 Å². The molecule has 2 amide bonds. The first-order chi connectivity index (χ1) is 10.5. The van der Waals surface area contributed by atoms with E-state index in [4.69, 9.17) is 4.74 Å². The highest BCUT2D eigenvalue weighted by Gasteiger charge is 2.38. The third kappa shape index (κ3) is 2.12. The smallest absolute Gasteiger partial charge is 0.339 e. The Morgan fingerprint density at radius 1 is 1.05 bits per heavy atom. The molecule has 5 nitrogen and oxygen atoms in total. The topological polar surface area (TPSA) is 63.7 Å². The second-order valence-electron chi connectivity index (χ2n) is 4.64. The van der Waals surface area contributed by atoms with Crippen molar-refractivity contribution in [2.24, 2.45) is 0 Å². The van der Waals surface area contributed by atoms with Crippen molar-refractivity contribution in [3.8, 4) is 0 Å². The van der Waals surface area contributed by atoms with Gasteiger partial charge in [-0.25, -0.2) is 9.69 Å². The van der Waals surface area contributed by atoms with E-state index < -0.39 is 17.8 Å². The zero-order valence-electron chi connectivity index (χ0n) is 11.5. The molecule has 0 spiro atoms. The van der Waals surface area contributed by atoms with Crippen LogP contribution in [0.15, 0.2) is 46.9 Å². The van der Waals surface area contributed by atoms with Crippen LogP contribution >= 0.6 is 15.9 Å². The van der Waals surface area contributed by atoms with E-state index in [2.05, 4.69) is 15.9 Å². The van der Waals surface area contributed by atoms with E-state index in [-0.39, 0.29) is 11.3 Å². The summed E-state index contributed by atoms with van der Waals surface area (Å²) in [5.41, 5.74) is 1.00. The van der Waals surface area contributed by atoms with Gasteiger partial charge in [-0.2, -0.15) is 0 Å². The summed E-state index contributed by atoms with van der Waals surface area (Å²) in [4.78, 5) is 37.9. The number of benzene rings is 2. The molecular weight excluding hydrogens is 350 g/mol. The fraction of sp³-hybridized carbons (Fsp3) is 0.0625. The fourth-order valence-electron chi connectivity index (χ4n) is 2.38. The second-order valence-corrected chi connectivity index (χ2v) is 5.56. The van der Waals surface area contributed by atoms with Crippen LogP contribution < -0.4 is 4.90 Å². The molecule has 6 heteroatoms. The predicted molar refractivity (Wildman–Crippen MR) is 83.1 cm³/mol. The first-order valence-electron chi connectivity index (χ1n) is 6.40. The monoisotopic (exact) mass is 359 g/mol. The van der Waals surface area contributed by atoms with E-state index in [0.29, 0.717) is 15.6 Å². The highest BCUT2D eigenvalue weighted by molar-refractivity contribution is 9.10. The molecule has 2 aromatic rings. The summed E-state index contributed by atoms with van der Waals surface area (Å²) >= 11 is 3.28. The lowest BCUT2D eigenvalue weighted by atomic mass is 10.1. The Balaban J connectivity index is 2.14. The van der Waals surface area contributed by atoms with Crippen LogP contribution in [0.3, 0.4) is 0 Å². The number of nitrogens with zero attached hydrogens (tertiary/aromatic N) is 1. The van der Waals surface area contributed by atoms with E-state index in [0.717, 1.165) is 4.90 Å². The second kappa shape index (κ2) is 5.38. The van der Waals surface area contributed by atoms with Gasteiger partial charge in [0.1, 0.15) is 0 Å². The normalized spacial score (nSPS) is 13.3. The van der Waals surface area contributed by atoms with Crippen molar-refractivity contribution in [3.05, 3.63) is 63.6 Å². The van der Waals surface area contributed by atoms with Crippen molar-refractivity contribution >= 4 is 39.4 Å². The van der Waals surface area contributed by atoms with Crippen molar-refractivity contribution in [2.75, 3.05) is 12.0 Å². The molecule has 1 aliphatic rings. The quantitative estimate of drug-likeness (QED) is 0.610. The molecule has 3 rings (SSSR count). The van der Waals surface area contributed by atoms with Crippen LogP contribution in [0.2, 0.25) is 0 Å². The number of methoxy groups -OCH3 is 1. The maximum Gasteiger partial charge on any atom is 0.339 e. The maximum atomic E-state index is 12.6. The molecule has 0 N–H and O–H groups in total.